The molecule has 4 N–H and O–H groups in total. The lowest BCUT2D eigenvalue weighted by molar-refractivity contribution is -0.141. The minimum Gasteiger partial charge on any atom is -0.481 e. The van der Waals surface area contributed by atoms with E-state index in [-0.39, 0.29) is 16.3 Å². The first-order valence-corrected chi connectivity index (χ1v) is 16.8. The number of carbonyl (C=O) groups excluding carboxylic acids is 4. The standard InChI is InChI=1S/C33H34F3N4O8P/c1-21(37-31(45)32(46)38-25-18-22(33(34,35)36)14-15-27(25)40-16-8-9-17-40)30(44)39-26(19-29(42)43)28(41)20-48-49(47,23-10-4-2-5-11-23)24-12-6-3-7-13-24/h2-7,10-15,18,21,26H,8-9,16-17,19-20H2,1H3,(H,37,45)(H,38,46)(H,39,44)(H,42,43)/t21-,26-/m0/s1. The van der Waals surface area contributed by atoms with Crippen LogP contribution in [0.1, 0.15) is 31.7 Å². The molecule has 49 heavy (non-hydrogen) atoms. The number of carboxylic acids is 1. The first kappa shape index (κ1) is 36.8. The maximum absolute atomic E-state index is 14.1. The molecule has 0 bridgehead atoms. The van der Waals surface area contributed by atoms with Crippen molar-refractivity contribution in [3.8, 4) is 0 Å². The normalized spacial score (nSPS) is 14.4. The quantitative estimate of drug-likeness (QED) is 0.154. The van der Waals surface area contributed by atoms with Crippen LogP contribution in [0.3, 0.4) is 0 Å². The number of hydrogen-bond acceptors (Lipinski definition) is 8. The van der Waals surface area contributed by atoms with Crippen LogP contribution < -0.4 is 31.5 Å². The molecule has 3 aromatic carbocycles. The van der Waals surface area contributed by atoms with E-state index in [1.165, 1.54) is 6.07 Å². The number of nitrogens with zero attached hydrogens (tertiary/aromatic N) is 1. The van der Waals surface area contributed by atoms with E-state index in [0.717, 1.165) is 25.8 Å². The summed E-state index contributed by atoms with van der Waals surface area (Å²) in [7, 11) is -3.84. The topological polar surface area (TPSA) is 171 Å². The molecule has 0 spiro atoms. The maximum atomic E-state index is 14.1. The van der Waals surface area contributed by atoms with Gasteiger partial charge in [0.25, 0.3) is 7.37 Å². The van der Waals surface area contributed by atoms with Gasteiger partial charge in [-0.25, -0.2) is 0 Å². The van der Waals surface area contributed by atoms with Crippen molar-refractivity contribution >= 4 is 58.8 Å². The molecule has 12 nitrogen and oxygen atoms in total. The summed E-state index contributed by atoms with van der Waals surface area (Å²) >= 11 is 0. The van der Waals surface area contributed by atoms with Crippen LogP contribution in [0.15, 0.2) is 78.9 Å². The minimum absolute atomic E-state index is 0.246. The fraction of sp³-hybridized carbons (Fsp3) is 0.303. The van der Waals surface area contributed by atoms with E-state index in [1.54, 1.807) is 65.6 Å². The predicted octanol–water partition coefficient (Wildman–Crippen LogP) is 3.22. The van der Waals surface area contributed by atoms with Gasteiger partial charge < -0.3 is 30.5 Å². The molecule has 2 atom stereocenters. The average Bonchev–Trinajstić information content (AvgIpc) is 3.62. The van der Waals surface area contributed by atoms with E-state index in [0.29, 0.717) is 24.8 Å². The molecule has 3 aromatic rings. The van der Waals surface area contributed by atoms with Gasteiger partial charge in [-0.05, 0) is 62.2 Å². The SMILES string of the molecule is C[C@H](NC(=O)C(=O)Nc1cc(C(F)(F)F)ccc1N1CCCC1)C(=O)N[C@@H](CC(=O)O)C(=O)COP(=O)(c1ccccc1)c1ccccc1. The maximum Gasteiger partial charge on any atom is 0.416 e. The molecule has 1 aliphatic heterocycles. The Morgan fingerprint density at radius 3 is 1.98 bits per heavy atom. The lowest BCUT2D eigenvalue weighted by Crippen LogP contribution is -2.53. The largest absolute Gasteiger partial charge is 0.481 e. The van der Waals surface area contributed by atoms with Crippen LogP contribution in [-0.2, 0) is 39.2 Å². The van der Waals surface area contributed by atoms with Gasteiger partial charge in [-0.1, -0.05) is 36.4 Å². The zero-order chi connectivity index (χ0) is 35.8. The average molecular weight is 703 g/mol. The van der Waals surface area contributed by atoms with Gasteiger partial charge in [-0.15, -0.1) is 0 Å². The minimum atomic E-state index is -4.72. The van der Waals surface area contributed by atoms with E-state index in [4.69, 9.17) is 4.52 Å². The number of nitrogens with one attached hydrogen (secondary N) is 3. The number of carbonyl (C=O) groups is 5. The number of rotatable bonds is 13. The lowest BCUT2D eigenvalue weighted by atomic mass is 10.1. The molecule has 1 aliphatic rings. The highest BCUT2D eigenvalue weighted by Gasteiger charge is 2.34. The summed E-state index contributed by atoms with van der Waals surface area (Å²) in [5.41, 5.74) is -0.996. The van der Waals surface area contributed by atoms with Crippen molar-refractivity contribution in [3.63, 3.8) is 0 Å². The molecule has 0 unspecified atom stereocenters. The molecule has 0 radical (unpaired) electrons. The lowest BCUT2D eigenvalue weighted by Gasteiger charge is -2.23. The van der Waals surface area contributed by atoms with Gasteiger partial charge in [0.05, 0.1) is 23.4 Å². The van der Waals surface area contributed by atoms with Gasteiger partial charge in [0.1, 0.15) is 18.7 Å². The first-order valence-electron chi connectivity index (χ1n) is 15.2. The van der Waals surface area contributed by atoms with Gasteiger partial charge in [0, 0.05) is 23.7 Å². The predicted molar refractivity (Wildman–Crippen MR) is 174 cm³/mol. The Kier molecular flexibility index (Phi) is 12.0. The van der Waals surface area contributed by atoms with Gasteiger partial charge in [-0.3, -0.25) is 28.5 Å². The van der Waals surface area contributed by atoms with Crippen molar-refractivity contribution in [2.45, 2.75) is 44.4 Å². The molecule has 0 aliphatic carbocycles. The number of alkyl halides is 3. The Bertz CT molecular complexity index is 1690. The first-order chi connectivity index (χ1) is 23.2. The Morgan fingerprint density at radius 1 is 0.878 bits per heavy atom. The number of anilines is 2. The van der Waals surface area contributed by atoms with Crippen LogP contribution in [0.25, 0.3) is 0 Å². The van der Waals surface area contributed by atoms with Crippen molar-refractivity contribution in [1.82, 2.24) is 10.6 Å². The Hall–Kier alpha value is -5.01. The summed E-state index contributed by atoms with van der Waals surface area (Å²) in [5, 5.41) is 16.5. The summed E-state index contributed by atoms with van der Waals surface area (Å²) in [6.45, 7) is 1.38. The third-order valence-electron chi connectivity index (χ3n) is 7.63. The number of ketones is 1. The van der Waals surface area contributed by atoms with Crippen LogP contribution in [0, 0.1) is 0 Å². The van der Waals surface area contributed by atoms with Crippen LogP contribution in [-0.4, -0.2) is 66.4 Å². The third kappa shape index (κ3) is 9.55. The number of aliphatic carboxylic acids is 1. The Labute approximate surface area is 279 Å². The molecule has 3 amide bonds. The molecular weight excluding hydrogens is 668 g/mol. The van der Waals surface area contributed by atoms with Crippen LogP contribution in [0.2, 0.25) is 0 Å². The highest BCUT2D eigenvalue weighted by Crippen LogP contribution is 2.44. The molecule has 16 heteroatoms. The third-order valence-corrected chi connectivity index (χ3v) is 10.1. The zero-order valence-corrected chi connectivity index (χ0v) is 27.1. The summed E-state index contributed by atoms with van der Waals surface area (Å²) in [6.07, 6.45) is -4.02. The summed E-state index contributed by atoms with van der Waals surface area (Å²) in [6, 6.07) is 15.7. The summed E-state index contributed by atoms with van der Waals surface area (Å²) in [4.78, 5) is 64.9. The molecule has 0 saturated carbocycles. The van der Waals surface area contributed by atoms with E-state index in [1.807, 2.05) is 0 Å². The molecule has 1 saturated heterocycles. The van der Waals surface area contributed by atoms with E-state index < -0.39 is 73.7 Å². The molecule has 1 fully saturated rings. The van der Waals surface area contributed by atoms with E-state index in [2.05, 4.69) is 16.0 Å². The second-order valence-corrected chi connectivity index (χ2v) is 13.6. The monoisotopic (exact) mass is 702 g/mol. The Balaban J connectivity index is 1.42. The number of amides is 3. The highest BCUT2D eigenvalue weighted by atomic mass is 31.2. The van der Waals surface area contributed by atoms with Gasteiger partial charge >= 0.3 is 24.0 Å². The summed E-state index contributed by atoms with van der Waals surface area (Å²) < 4.78 is 59.9. The molecule has 1 heterocycles. The van der Waals surface area contributed by atoms with Crippen molar-refractivity contribution < 1.29 is 51.3 Å². The van der Waals surface area contributed by atoms with Gasteiger partial charge in [0.15, 0.2) is 5.78 Å². The second-order valence-electron chi connectivity index (χ2n) is 11.2. The van der Waals surface area contributed by atoms with Gasteiger partial charge in [-0.2, -0.15) is 13.2 Å². The zero-order valence-electron chi connectivity index (χ0n) is 26.2. The number of carboxylic acid groups (broad SMARTS) is 1. The number of benzene rings is 3. The molecule has 0 aromatic heterocycles. The highest BCUT2D eigenvalue weighted by molar-refractivity contribution is 7.74. The fourth-order valence-electron chi connectivity index (χ4n) is 5.07. The van der Waals surface area contributed by atoms with Crippen molar-refractivity contribution in [2.75, 3.05) is 29.9 Å². The Morgan fingerprint density at radius 2 is 1.45 bits per heavy atom. The van der Waals surface area contributed by atoms with Crippen molar-refractivity contribution in [1.29, 1.82) is 0 Å². The molecule has 260 valence electrons. The molecule has 4 rings (SSSR count). The van der Waals surface area contributed by atoms with Crippen LogP contribution in [0.4, 0.5) is 24.5 Å². The van der Waals surface area contributed by atoms with E-state index >= 15 is 0 Å². The van der Waals surface area contributed by atoms with Crippen LogP contribution in [0.5, 0.6) is 0 Å². The van der Waals surface area contributed by atoms with Gasteiger partial charge in [0.2, 0.25) is 5.91 Å². The number of halogens is 3. The number of Topliss-reactive ketones (excluding diaryl/α,β-unsaturated/α-hetero) is 1. The second kappa shape index (κ2) is 15.9. The number of hydrogen-bond donors (Lipinski definition) is 4. The van der Waals surface area contributed by atoms with Crippen molar-refractivity contribution in [2.24, 2.45) is 0 Å². The summed E-state index contributed by atoms with van der Waals surface area (Å²) in [5.74, 6) is -6.17. The fourth-order valence-corrected chi connectivity index (χ4v) is 7.11. The smallest absolute Gasteiger partial charge is 0.416 e. The van der Waals surface area contributed by atoms with Crippen molar-refractivity contribution in [3.05, 3.63) is 84.4 Å². The molecular formula is C33H34F3N4O8P. The van der Waals surface area contributed by atoms with E-state index in [9.17, 15) is 46.8 Å². The van der Waals surface area contributed by atoms with Crippen LogP contribution >= 0.6 is 7.37 Å².